The van der Waals surface area contributed by atoms with Gasteiger partial charge in [-0.2, -0.15) is 25.2 Å². The zero-order valence-corrected chi connectivity index (χ0v) is 10.6. The highest BCUT2D eigenvalue weighted by molar-refractivity contribution is 5.47. The van der Waals surface area contributed by atoms with Gasteiger partial charge in [0.2, 0.25) is 0 Å². The molecule has 2 heterocycles. The van der Waals surface area contributed by atoms with Crippen molar-refractivity contribution in [3.8, 4) is 12.0 Å². The number of nitrogens with zero attached hydrogens (tertiary/aromatic N) is 6. The summed E-state index contributed by atoms with van der Waals surface area (Å²) >= 11 is 0. The number of hydrogen-bond acceptors (Lipinski definition) is 7. The van der Waals surface area contributed by atoms with E-state index in [1.807, 2.05) is 0 Å². The normalized spacial score (nSPS) is 10.4. The molecule has 2 rings (SSSR count). The van der Waals surface area contributed by atoms with Crippen LogP contribution in [-0.2, 0) is 0 Å². The predicted molar refractivity (Wildman–Crippen MR) is 62.5 cm³/mol. The number of aryl methyl sites for hydroxylation is 2. The molecule has 1 N–H and O–H groups in total. The molecular weight excluding hydrogens is 234 g/mol. The first-order valence-corrected chi connectivity index (χ1v) is 5.27. The predicted octanol–water partition coefficient (Wildman–Crippen LogP) is 1.65. The smallest absolute Gasteiger partial charge is 0.321 e. The standard InChI is InChI=1S/C10H13N7O/c1-5-8(15-11)6(2)17(16-5)9-12-7(3)13-10(14-9)18-4/h11H,1-4H3. The first-order valence-electron chi connectivity index (χ1n) is 5.27. The van der Waals surface area contributed by atoms with E-state index >= 15 is 0 Å². The number of methoxy groups -OCH3 is 1. The fourth-order valence-electron chi connectivity index (χ4n) is 1.62. The van der Waals surface area contributed by atoms with Crippen molar-refractivity contribution >= 4 is 5.69 Å². The van der Waals surface area contributed by atoms with Crippen molar-refractivity contribution in [2.24, 2.45) is 5.11 Å². The molecule has 8 nitrogen and oxygen atoms in total. The molecule has 0 saturated carbocycles. The lowest BCUT2D eigenvalue weighted by Crippen LogP contribution is -2.08. The summed E-state index contributed by atoms with van der Waals surface area (Å²) in [5.41, 5.74) is 8.99. The van der Waals surface area contributed by atoms with Crippen LogP contribution in [0.2, 0.25) is 0 Å². The van der Waals surface area contributed by atoms with Crippen LogP contribution in [0.5, 0.6) is 6.01 Å². The van der Waals surface area contributed by atoms with Crippen molar-refractivity contribution in [3.05, 3.63) is 17.2 Å². The van der Waals surface area contributed by atoms with Crippen molar-refractivity contribution < 1.29 is 4.74 Å². The summed E-state index contributed by atoms with van der Waals surface area (Å²) in [5, 5.41) is 7.71. The molecule has 0 radical (unpaired) electrons. The van der Waals surface area contributed by atoms with Crippen LogP contribution >= 0.6 is 0 Å². The lowest BCUT2D eigenvalue weighted by molar-refractivity contribution is 0.375. The van der Waals surface area contributed by atoms with E-state index in [2.05, 4.69) is 25.2 Å². The second kappa shape index (κ2) is 4.47. The van der Waals surface area contributed by atoms with Gasteiger partial charge in [-0.05, 0) is 20.8 Å². The number of aromatic nitrogens is 5. The molecule has 94 valence electrons. The Bertz CT molecular complexity index is 605. The van der Waals surface area contributed by atoms with Crippen LogP contribution in [0, 0.1) is 26.3 Å². The van der Waals surface area contributed by atoms with Crippen LogP contribution in [0.4, 0.5) is 5.69 Å². The molecule has 0 fully saturated rings. The van der Waals surface area contributed by atoms with E-state index < -0.39 is 0 Å². The Hall–Kier alpha value is -2.38. The van der Waals surface area contributed by atoms with E-state index in [0.29, 0.717) is 28.8 Å². The van der Waals surface area contributed by atoms with Gasteiger partial charge in [0, 0.05) is 0 Å². The van der Waals surface area contributed by atoms with Crippen molar-refractivity contribution in [2.45, 2.75) is 20.8 Å². The maximum Gasteiger partial charge on any atom is 0.321 e. The van der Waals surface area contributed by atoms with Gasteiger partial charge >= 0.3 is 6.01 Å². The Morgan fingerprint density at radius 3 is 2.44 bits per heavy atom. The molecule has 2 aromatic rings. The van der Waals surface area contributed by atoms with Gasteiger partial charge in [0.05, 0.1) is 18.5 Å². The highest BCUT2D eigenvalue weighted by Crippen LogP contribution is 2.24. The van der Waals surface area contributed by atoms with E-state index in [-0.39, 0.29) is 6.01 Å². The topological polar surface area (TPSA) is 102 Å². The van der Waals surface area contributed by atoms with Crippen LogP contribution in [0.15, 0.2) is 5.11 Å². The second-order valence-electron chi connectivity index (χ2n) is 3.71. The molecule has 0 saturated heterocycles. The SMILES string of the molecule is COc1nc(C)nc(-n2nc(C)c(N=N)c2C)n1. The summed E-state index contributed by atoms with van der Waals surface area (Å²) in [7, 11) is 1.49. The van der Waals surface area contributed by atoms with E-state index in [9.17, 15) is 0 Å². The maximum atomic E-state index is 7.12. The minimum Gasteiger partial charge on any atom is -0.467 e. The van der Waals surface area contributed by atoms with Gasteiger partial charge in [-0.15, -0.1) is 0 Å². The molecule has 8 heteroatoms. The first-order chi connectivity index (χ1) is 8.56. The summed E-state index contributed by atoms with van der Waals surface area (Å²) < 4.78 is 6.52. The molecule has 0 unspecified atom stereocenters. The average molecular weight is 247 g/mol. The Kier molecular flexibility index (Phi) is 3.00. The summed E-state index contributed by atoms with van der Waals surface area (Å²) in [5.74, 6) is 0.892. The molecule has 0 spiro atoms. The molecule has 0 aromatic carbocycles. The molecular formula is C10H13N7O. The highest BCUT2D eigenvalue weighted by atomic mass is 16.5. The lowest BCUT2D eigenvalue weighted by Gasteiger charge is -2.04. The first kappa shape index (κ1) is 12.1. The minimum absolute atomic E-state index is 0.231. The Balaban J connectivity index is 2.61. The molecule has 0 amide bonds. The Morgan fingerprint density at radius 2 is 1.89 bits per heavy atom. The Morgan fingerprint density at radius 1 is 1.17 bits per heavy atom. The zero-order valence-electron chi connectivity index (χ0n) is 10.6. The molecule has 0 aliphatic carbocycles. The fourth-order valence-corrected chi connectivity index (χ4v) is 1.62. The van der Waals surface area contributed by atoms with Gasteiger partial charge in [-0.3, -0.25) is 0 Å². The van der Waals surface area contributed by atoms with Crippen molar-refractivity contribution in [1.29, 1.82) is 5.53 Å². The van der Waals surface area contributed by atoms with Crippen LogP contribution < -0.4 is 4.74 Å². The van der Waals surface area contributed by atoms with Gasteiger partial charge in [0.1, 0.15) is 11.5 Å². The fraction of sp³-hybridized carbons (Fsp3) is 0.400. The monoisotopic (exact) mass is 247 g/mol. The highest BCUT2D eigenvalue weighted by Gasteiger charge is 2.15. The van der Waals surface area contributed by atoms with Crippen molar-refractivity contribution in [3.63, 3.8) is 0 Å². The van der Waals surface area contributed by atoms with Gasteiger partial charge in [0.25, 0.3) is 5.95 Å². The van der Waals surface area contributed by atoms with E-state index in [1.165, 1.54) is 11.8 Å². The maximum absolute atomic E-state index is 7.12. The summed E-state index contributed by atoms with van der Waals surface area (Å²) in [6, 6.07) is 0.231. The summed E-state index contributed by atoms with van der Waals surface area (Å²) in [6.07, 6.45) is 0. The number of rotatable bonds is 3. The van der Waals surface area contributed by atoms with Crippen LogP contribution in [-0.4, -0.2) is 31.8 Å². The quantitative estimate of drug-likeness (QED) is 0.831. The number of ether oxygens (including phenoxy) is 1. The molecule has 0 aliphatic rings. The molecule has 0 bridgehead atoms. The second-order valence-corrected chi connectivity index (χ2v) is 3.71. The van der Waals surface area contributed by atoms with E-state index in [1.54, 1.807) is 20.8 Å². The third-order valence-electron chi connectivity index (χ3n) is 2.45. The van der Waals surface area contributed by atoms with E-state index in [4.69, 9.17) is 10.3 Å². The molecule has 0 atom stereocenters. The van der Waals surface area contributed by atoms with Gasteiger partial charge < -0.3 is 4.74 Å². The largest absolute Gasteiger partial charge is 0.467 e. The van der Waals surface area contributed by atoms with Gasteiger partial charge in [-0.1, -0.05) is 0 Å². The summed E-state index contributed by atoms with van der Waals surface area (Å²) in [4.78, 5) is 12.3. The van der Waals surface area contributed by atoms with Crippen LogP contribution in [0.25, 0.3) is 5.95 Å². The summed E-state index contributed by atoms with van der Waals surface area (Å²) in [6.45, 7) is 5.33. The molecule has 18 heavy (non-hydrogen) atoms. The van der Waals surface area contributed by atoms with Crippen molar-refractivity contribution in [2.75, 3.05) is 7.11 Å². The average Bonchev–Trinajstić information content (AvgIpc) is 2.63. The lowest BCUT2D eigenvalue weighted by atomic mass is 10.3. The molecule has 0 aliphatic heterocycles. The molecule has 2 aromatic heterocycles. The zero-order chi connectivity index (χ0) is 13.3. The van der Waals surface area contributed by atoms with Gasteiger partial charge in [0.15, 0.2) is 0 Å². The third-order valence-corrected chi connectivity index (χ3v) is 2.45. The van der Waals surface area contributed by atoms with Crippen LogP contribution in [0.1, 0.15) is 17.2 Å². The third kappa shape index (κ3) is 1.92. The Labute approximate surface area is 104 Å². The number of hydrogen-bond donors (Lipinski definition) is 1. The van der Waals surface area contributed by atoms with Gasteiger partial charge in [-0.25, -0.2) is 10.2 Å². The van der Waals surface area contributed by atoms with Crippen molar-refractivity contribution in [1.82, 2.24) is 24.7 Å². The minimum atomic E-state index is 0.231. The number of nitrogens with one attached hydrogen (secondary N) is 1. The van der Waals surface area contributed by atoms with E-state index in [0.717, 1.165) is 0 Å². The van der Waals surface area contributed by atoms with Crippen LogP contribution in [0.3, 0.4) is 0 Å².